The minimum absolute atomic E-state index is 0.0283. The van der Waals surface area contributed by atoms with Crippen LogP contribution in [0.1, 0.15) is 148 Å². The van der Waals surface area contributed by atoms with Gasteiger partial charge in [0, 0.05) is 22.9 Å². The number of rotatable bonds is 6. The Bertz CT molecular complexity index is 3570. The molecule has 0 radical (unpaired) electrons. The molecule has 344 valence electrons. The molecule has 0 saturated heterocycles. The summed E-state index contributed by atoms with van der Waals surface area (Å²) in [6, 6.07) is 25.8. The third-order valence-corrected chi connectivity index (χ3v) is 12.9. The molecule has 2 heterocycles. The molecule has 0 amide bonds. The first kappa shape index (κ1) is 37.8. The van der Waals surface area contributed by atoms with Crippen LogP contribution in [0.3, 0.4) is 0 Å². The zero-order valence-corrected chi connectivity index (χ0v) is 42.4. The van der Waals surface area contributed by atoms with Gasteiger partial charge >= 0.3 is 0 Å². The van der Waals surface area contributed by atoms with Gasteiger partial charge in [0.15, 0.2) is 0 Å². The van der Waals surface area contributed by atoms with Crippen molar-refractivity contribution in [2.24, 2.45) is 0 Å². The van der Waals surface area contributed by atoms with E-state index in [1.807, 2.05) is 30.3 Å². The topological polar surface area (TPSA) is 50.9 Å². The number of phenols is 1. The maximum absolute atomic E-state index is 12.6. The monoisotopic (exact) mass is 894 g/mol. The van der Waals surface area contributed by atoms with Crippen molar-refractivity contribution >= 4 is 11.0 Å². The summed E-state index contributed by atoms with van der Waals surface area (Å²) in [5, 5.41) is 12.6. The van der Waals surface area contributed by atoms with E-state index in [1.54, 1.807) is 0 Å². The zero-order chi connectivity index (χ0) is 55.6. The fraction of sp³-hybridized carbons (Fsp3) is 0.333. The Hall–Kier alpha value is -6.26. The molecule has 0 saturated carbocycles. The van der Waals surface area contributed by atoms with E-state index in [1.165, 1.54) is 11.1 Å². The van der Waals surface area contributed by atoms with Crippen LogP contribution in [-0.2, 0) is 27.1 Å². The highest BCUT2D eigenvalue weighted by atomic mass is 16.3. The first-order valence-corrected chi connectivity index (χ1v) is 23.4. The first-order valence-electron chi connectivity index (χ1n) is 27.4. The van der Waals surface area contributed by atoms with Crippen LogP contribution >= 0.6 is 0 Å². The number of imidazole rings is 1. The number of aromatic nitrogens is 3. The summed E-state index contributed by atoms with van der Waals surface area (Å²) < 4.78 is 72.0. The van der Waals surface area contributed by atoms with Crippen molar-refractivity contribution in [3.8, 4) is 67.5 Å². The lowest BCUT2D eigenvalue weighted by Crippen LogP contribution is -2.17. The molecule has 8 rings (SSSR count). The lowest BCUT2D eigenvalue weighted by molar-refractivity contribution is 0.446. The smallest absolute Gasteiger partial charge is 0.149 e. The van der Waals surface area contributed by atoms with Crippen molar-refractivity contribution < 1.29 is 16.1 Å². The van der Waals surface area contributed by atoms with Gasteiger partial charge in [0.1, 0.15) is 11.6 Å². The van der Waals surface area contributed by atoms with Crippen LogP contribution in [-0.4, -0.2) is 19.6 Å². The van der Waals surface area contributed by atoms with Gasteiger partial charge in [-0.15, -0.1) is 0 Å². The summed E-state index contributed by atoms with van der Waals surface area (Å²) in [5.74, 6) is 0.712. The Morgan fingerprint density at radius 2 is 1.09 bits per heavy atom. The molecule has 0 fully saturated rings. The molecule has 8 aromatic rings. The van der Waals surface area contributed by atoms with Crippen LogP contribution in [0.15, 0.2) is 133 Å². The minimum atomic E-state index is -0.599. The number of benzene rings is 6. The van der Waals surface area contributed by atoms with Crippen LogP contribution in [0, 0.1) is 6.92 Å². The van der Waals surface area contributed by atoms with Crippen molar-refractivity contribution in [2.45, 2.75) is 138 Å². The van der Waals surface area contributed by atoms with E-state index in [-0.39, 0.29) is 44.9 Å². The molecule has 0 spiro atoms. The van der Waals surface area contributed by atoms with Gasteiger partial charge in [0.25, 0.3) is 0 Å². The van der Waals surface area contributed by atoms with Gasteiger partial charge in [0.05, 0.1) is 38.9 Å². The van der Waals surface area contributed by atoms with Gasteiger partial charge in [-0.05, 0) is 138 Å². The highest BCUT2D eigenvalue weighted by Gasteiger charge is 2.30. The molecule has 4 heteroatoms. The van der Waals surface area contributed by atoms with E-state index in [0.29, 0.717) is 22.5 Å². The summed E-state index contributed by atoms with van der Waals surface area (Å²) in [4.78, 5) is 10.1. The van der Waals surface area contributed by atoms with Gasteiger partial charge < -0.3 is 5.11 Å². The fourth-order valence-electron chi connectivity index (χ4n) is 8.62. The Labute approximate surface area is 412 Å². The third kappa shape index (κ3) is 9.51. The largest absolute Gasteiger partial charge is 0.507 e. The highest BCUT2D eigenvalue weighted by Crippen LogP contribution is 2.46. The Morgan fingerprint density at radius 1 is 0.507 bits per heavy atom. The number of nitrogens with zero attached hydrogens (tertiary/aromatic N) is 3. The summed E-state index contributed by atoms with van der Waals surface area (Å²) in [6.45, 7) is 34.7. The number of para-hydroxylation sites is 1. The lowest BCUT2D eigenvalue weighted by atomic mass is 9.78. The molecule has 2 aromatic heterocycles. The second kappa shape index (κ2) is 16.8. The number of fused-ring (bicyclic) bond motifs is 1. The number of aromatic hydroxyl groups is 1. The predicted octanol–water partition coefficient (Wildman–Crippen LogP) is 17.3. The van der Waals surface area contributed by atoms with E-state index in [2.05, 4.69) is 175 Å². The Balaban J connectivity index is 1.44. The second-order valence-corrected chi connectivity index (χ2v) is 23.4. The molecule has 6 aromatic carbocycles. The van der Waals surface area contributed by atoms with Crippen molar-refractivity contribution in [1.29, 1.82) is 0 Å². The highest BCUT2D eigenvalue weighted by molar-refractivity contribution is 5.97. The Morgan fingerprint density at radius 3 is 1.69 bits per heavy atom. The van der Waals surface area contributed by atoms with Crippen LogP contribution in [0.4, 0.5) is 0 Å². The van der Waals surface area contributed by atoms with Gasteiger partial charge in [0.2, 0.25) is 0 Å². The fourth-order valence-corrected chi connectivity index (χ4v) is 8.62. The molecule has 0 atom stereocenters. The third-order valence-electron chi connectivity index (χ3n) is 12.9. The van der Waals surface area contributed by atoms with Crippen molar-refractivity contribution in [3.05, 3.63) is 167 Å². The minimum Gasteiger partial charge on any atom is -0.507 e. The van der Waals surface area contributed by atoms with Crippen molar-refractivity contribution in [2.75, 3.05) is 0 Å². The predicted molar refractivity (Wildman–Crippen MR) is 286 cm³/mol. The second-order valence-electron chi connectivity index (χ2n) is 23.4. The average Bonchev–Trinajstić information content (AvgIpc) is 3.69. The van der Waals surface area contributed by atoms with E-state index in [0.717, 1.165) is 55.7 Å². The number of aryl methyl sites for hydroxylation is 1. The van der Waals surface area contributed by atoms with E-state index in [4.69, 9.17) is 14.6 Å². The molecule has 1 N–H and O–H groups in total. The summed E-state index contributed by atoms with van der Waals surface area (Å²) in [7, 11) is 0. The van der Waals surface area contributed by atoms with E-state index in [9.17, 15) is 6.48 Å². The maximum atomic E-state index is 12.6. The van der Waals surface area contributed by atoms with Crippen molar-refractivity contribution in [3.63, 3.8) is 0 Å². The van der Waals surface area contributed by atoms with Gasteiger partial charge in [-0.2, -0.15) is 0 Å². The standard InChI is InChI=1S/C63H71N3O/c1-39-29-41(43-31-47(60(5,6)7)36-48(32-43)61(8,9)10)25-26-54(39)66-55-24-20-23-50(56(55)65-58(66)51-37-49(62(11,12)13)38-52(57(51)67)63(14,15)16)44-30-45(34-46(33-44)59(2,3)4)53-35-42(27-28-64-53)40-21-18-17-19-22-40/h17-38,67H,1-16H3/i17D,18D,19D,21D,22D,27D,28D,35D. The average molecular weight is 894 g/mol. The van der Waals surface area contributed by atoms with Crippen LogP contribution in [0.25, 0.3) is 72.7 Å². The van der Waals surface area contributed by atoms with Gasteiger partial charge in [-0.3, -0.25) is 9.55 Å². The molecule has 0 aliphatic carbocycles. The molecule has 4 nitrogen and oxygen atoms in total. The molecule has 67 heavy (non-hydrogen) atoms. The molecule has 0 aliphatic heterocycles. The van der Waals surface area contributed by atoms with Gasteiger partial charge in [-0.1, -0.05) is 183 Å². The molecular weight excluding hydrogens is 815 g/mol. The summed E-state index contributed by atoms with van der Waals surface area (Å²) in [5.41, 5.74) is 11.5. The molecule has 0 bridgehead atoms. The number of pyridine rings is 1. The SMILES string of the molecule is [2H]c1nc(-c2cc(-c3cccc4c3nc(-c3cc(C(C)(C)C)cc(C(C)(C)C)c3O)n4-c3ccc(-c4cc(C(C)(C)C)cc(C(C)(C)C)c4)cc3C)cc(C(C)(C)C)c2)c([2H])c(-c2c([2H])c([2H])c([2H])c([2H])c2[2H])c1[2H]. The normalized spacial score (nSPS) is 14.5. The van der Waals surface area contributed by atoms with Gasteiger partial charge in [-0.25, -0.2) is 4.98 Å². The molecular formula is C63H71N3O. The van der Waals surface area contributed by atoms with E-state index < -0.39 is 53.3 Å². The van der Waals surface area contributed by atoms with Crippen LogP contribution in [0.2, 0.25) is 0 Å². The van der Waals surface area contributed by atoms with Crippen LogP contribution < -0.4 is 0 Å². The number of phenolic OH excluding ortho intramolecular Hbond substituents is 1. The summed E-state index contributed by atoms with van der Waals surface area (Å²) in [6.07, 6.45) is -0.499. The first-order chi connectivity index (χ1) is 34.5. The lowest BCUT2D eigenvalue weighted by Gasteiger charge is -2.27. The Kier molecular flexibility index (Phi) is 9.48. The van der Waals surface area contributed by atoms with E-state index >= 15 is 0 Å². The molecule has 0 unspecified atom stereocenters. The van der Waals surface area contributed by atoms with Crippen LogP contribution in [0.5, 0.6) is 5.75 Å². The zero-order valence-electron chi connectivity index (χ0n) is 50.4. The number of hydrogen-bond acceptors (Lipinski definition) is 3. The number of hydrogen-bond donors (Lipinski definition) is 1. The molecule has 0 aliphatic rings. The quantitative estimate of drug-likeness (QED) is 0.181. The maximum Gasteiger partial charge on any atom is 0.149 e. The summed E-state index contributed by atoms with van der Waals surface area (Å²) >= 11 is 0. The van der Waals surface area contributed by atoms with Crippen molar-refractivity contribution in [1.82, 2.24) is 14.5 Å².